The Morgan fingerprint density at radius 1 is 1.38 bits per heavy atom. The maximum Gasteiger partial charge on any atom is 0.141 e. The van der Waals surface area contributed by atoms with Crippen LogP contribution in [0.1, 0.15) is 5.56 Å². The summed E-state index contributed by atoms with van der Waals surface area (Å²) in [5, 5.41) is 0. The number of halogens is 1. The molecule has 3 nitrogen and oxygen atoms in total. The van der Waals surface area contributed by atoms with Gasteiger partial charge in [0.15, 0.2) is 0 Å². The van der Waals surface area contributed by atoms with E-state index in [4.69, 9.17) is 16.2 Å². The Morgan fingerprint density at radius 3 is 2.54 bits per heavy atom. The number of anilines is 1. The average Bonchev–Trinajstić information content (AvgIpc) is 2.05. The molecule has 1 aromatic carbocycles. The van der Waals surface area contributed by atoms with Crippen molar-refractivity contribution in [2.24, 2.45) is 5.73 Å². The molecule has 0 saturated carbocycles. The highest BCUT2D eigenvalue weighted by molar-refractivity contribution is 5.85. The van der Waals surface area contributed by atoms with Crippen molar-refractivity contribution in [3.8, 4) is 5.75 Å². The van der Waals surface area contributed by atoms with Gasteiger partial charge in [-0.2, -0.15) is 0 Å². The normalized spacial score (nSPS) is 9.08. The quantitative estimate of drug-likeness (QED) is 0.725. The molecule has 0 aliphatic rings. The summed E-state index contributed by atoms with van der Waals surface area (Å²) in [5.41, 5.74) is 12.9. The van der Waals surface area contributed by atoms with Crippen molar-refractivity contribution in [2.45, 2.75) is 6.42 Å². The van der Waals surface area contributed by atoms with E-state index in [1.807, 2.05) is 18.2 Å². The zero-order valence-corrected chi connectivity index (χ0v) is 8.43. The molecular formula is C9H15ClN2O. The summed E-state index contributed by atoms with van der Waals surface area (Å²) in [6.45, 7) is 0.645. The lowest BCUT2D eigenvalue weighted by Gasteiger charge is -2.05. The van der Waals surface area contributed by atoms with Crippen molar-refractivity contribution in [2.75, 3.05) is 19.4 Å². The van der Waals surface area contributed by atoms with E-state index in [1.165, 1.54) is 0 Å². The van der Waals surface area contributed by atoms with E-state index < -0.39 is 0 Å². The van der Waals surface area contributed by atoms with E-state index in [-0.39, 0.29) is 12.4 Å². The van der Waals surface area contributed by atoms with Gasteiger partial charge in [0.1, 0.15) is 5.75 Å². The van der Waals surface area contributed by atoms with Crippen LogP contribution in [0.4, 0.5) is 5.69 Å². The molecule has 0 amide bonds. The number of rotatable bonds is 3. The number of nitrogen functional groups attached to an aromatic ring is 1. The molecule has 4 heteroatoms. The molecule has 13 heavy (non-hydrogen) atoms. The van der Waals surface area contributed by atoms with Crippen LogP contribution in [0.15, 0.2) is 18.2 Å². The van der Waals surface area contributed by atoms with Gasteiger partial charge in [-0.3, -0.25) is 0 Å². The Kier molecular flexibility index (Phi) is 5.26. The number of methoxy groups -OCH3 is 1. The van der Waals surface area contributed by atoms with Gasteiger partial charge in [-0.05, 0) is 30.7 Å². The summed E-state index contributed by atoms with van der Waals surface area (Å²) < 4.78 is 5.02. The third-order valence-electron chi connectivity index (χ3n) is 1.73. The third kappa shape index (κ3) is 3.13. The number of hydrogen-bond acceptors (Lipinski definition) is 3. The highest BCUT2D eigenvalue weighted by Crippen LogP contribution is 2.21. The van der Waals surface area contributed by atoms with Crippen LogP contribution < -0.4 is 16.2 Å². The molecule has 0 bridgehead atoms. The Bertz CT molecular complexity index is 266. The minimum absolute atomic E-state index is 0. The predicted octanol–water partition coefficient (Wildman–Crippen LogP) is 1.20. The van der Waals surface area contributed by atoms with Crippen molar-refractivity contribution in [3.05, 3.63) is 23.8 Å². The Balaban J connectivity index is 0.00000144. The van der Waals surface area contributed by atoms with Gasteiger partial charge in [-0.25, -0.2) is 0 Å². The van der Waals surface area contributed by atoms with Crippen LogP contribution in [0.3, 0.4) is 0 Å². The van der Waals surface area contributed by atoms with Crippen molar-refractivity contribution in [1.82, 2.24) is 0 Å². The molecule has 0 fully saturated rings. The molecule has 1 aromatic rings. The molecule has 0 aliphatic heterocycles. The fraction of sp³-hybridized carbons (Fsp3) is 0.333. The van der Waals surface area contributed by atoms with Crippen molar-refractivity contribution < 1.29 is 4.74 Å². The summed E-state index contributed by atoms with van der Waals surface area (Å²) >= 11 is 0. The maximum absolute atomic E-state index is 5.70. The molecule has 0 unspecified atom stereocenters. The molecule has 0 atom stereocenters. The van der Waals surface area contributed by atoms with Crippen LogP contribution >= 0.6 is 12.4 Å². The first-order valence-electron chi connectivity index (χ1n) is 3.90. The monoisotopic (exact) mass is 202 g/mol. The lowest BCUT2D eigenvalue weighted by Crippen LogP contribution is -2.03. The second kappa shape index (κ2) is 5.67. The van der Waals surface area contributed by atoms with Gasteiger partial charge in [0, 0.05) is 0 Å². The van der Waals surface area contributed by atoms with E-state index in [2.05, 4.69) is 0 Å². The molecule has 0 spiro atoms. The fourth-order valence-corrected chi connectivity index (χ4v) is 1.11. The van der Waals surface area contributed by atoms with Crippen LogP contribution in [-0.2, 0) is 6.42 Å². The van der Waals surface area contributed by atoms with Gasteiger partial charge in [0.25, 0.3) is 0 Å². The Morgan fingerprint density at radius 2 is 2.08 bits per heavy atom. The molecule has 1 rings (SSSR count). The fourth-order valence-electron chi connectivity index (χ4n) is 1.11. The zero-order valence-electron chi connectivity index (χ0n) is 7.62. The average molecular weight is 203 g/mol. The number of nitrogens with two attached hydrogens (primary N) is 2. The smallest absolute Gasteiger partial charge is 0.141 e. The van der Waals surface area contributed by atoms with E-state index >= 15 is 0 Å². The van der Waals surface area contributed by atoms with E-state index in [9.17, 15) is 0 Å². The van der Waals surface area contributed by atoms with Crippen LogP contribution in [0, 0.1) is 0 Å². The SMILES string of the molecule is COc1ccc(CCN)cc1N.Cl. The van der Waals surface area contributed by atoms with Gasteiger partial charge in [-0.15, -0.1) is 12.4 Å². The molecule has 0 saturated heterocycles. The first-order valence-corrected chi connectivity index (χ1v) is 3.90. The molecule has 0 radical (unpaired) electrons. The van der Waals surface area contributed by atoms with Crippen molar-refractivity contribution in [1.29, 1.82) is 0 Å². The van der Waals surface area contributed by atoms with Crippen molar-refractivity contribution in [3.63, 3.8) is 0 Å². The highest BCUT2D eigenvalue weighted by Gasteiger charge is 1.98. The van der Waals surface area contributed by atoms with Crippen LogP contribution in [0.2, 0.25) is 0 Å². The minimum atomic E-state index is 0. The second-order valence-corrected chi connectivity index (χ2v) is 2.61. The largest absolute Gasteiger partial charge is 0.495 e. The van der Waals surface area contributed by atoms with E-state index in [0.717, 1.165) is 17.7 Å². The lowest BCUT2D eigenvalue weighted by molar-refractivity contribution is 0.417. The molecule has 0 aliphatic carbocycles. The molecule has 4 N–H and O–H groups in total. The topological polar surface area (TPSA) is 61.3 Å². The number of benzene rings is 1. The van der Waals surface area contributed by atoms with E-state index in [1.54, 1.807) is 7.11 Å². The summed E-state index contributed by atoms with van der Waals surface area (Å²) in [5.74, 6) is 0.718. The van der Waals surface area contributed by atoms with Crippen molar-refractivity contribution >= 4 is 18.1 Å². The summed E-state index contributed by atoms with van der Waals surface area (Å²) in [6.07, 6.45) is 0.855. The zero-order chi connectivity index (χ0) is 8.97. The first kappa shape index (κ1) is 12.1. The van der Waals surface area contributed by atoms with Gasteiger partial charge >= 0.3 is 0 Å². The van der Waals surface area contributed by atoms with Crippen LogP contribution in [-0.4, -0.2) is 13.7 Å². The van der Waals surface area contributed by atoms with E-state index in [0.29, 0.717) is 12.2 Å². The Hall–Kier alpha value is -0.930. The molecule has 0 aromatic heterocycles. The Labute approximate surface area is 84.5 Å². The maximum atomic E-state index is 5.70. The lowest BCUT2D eigenvalue weighted by atomic mass is 10.1. The van der Waals surface area contributed by atoms with Gasteiger partial charge in [0.2, 0.25) is 0 Å². The number of ether oxygens (including phenoxy) is 1. The van der Waals surface area contributed by atoms with Crippen LogP contribution in [0.25, 0.3) is 0 Å². The summed E-state index contributed by atoms with van der Waals surface area (Å²) in [6, 6.07) is 5.73. The highest BCUT2D eigenvalue weighted by atomic mass is 35.5. The first-order chi connectivity index (χ1) is 5.77. The molecule has 0 heterocycles. The minimum Gasteiger partial charge on any atom is -0.495 e. The van der Waals surface area contributed by atoms with Gasteiger partial charge < -0.3 is 16.2 Å². The van der Waals surface area contributed by atoms with Gasteiger partial charge in [-0.1, -0.05) is 6.07 Å². The summed E-state index contributed by atoms with van der Waals surface area (Å²) in [7, 11) is 1.61. The van der Waals surface area contributed by atoms with Gasteiger partial charge in [0.05, 0.1) is 12.8 Å². The molecular weight excluding hydrogens is 188 g/mol. The summed E-state index contributed by atoms with van der Waals surface area (Å²) in [4.78, 5) is 0. The number of hydrogen-bond donors (Lipinski definition) is 2. The third-order valence-corrected chi connectivity index (χ3v) is 1.73. The molecule has 74 valence electrons. The van der Waals surface area contributed by atoms with Crippen LogP contribution in [0.5, 0.6) is 5.75 Å². The second-order valence-electron chi connectivity index (χ2n) is 2.61. The standard InChI is InChI=1S/C9H14N2O.ClH/c1-12-9-3-2-7(4-5-10)6-8(9)11;/h2-3,6H,4-5,10-11H2,1H3;1H. The predicted molar refractivity (Wildman–Crippen MR) is 57.4 cm³/mol.